The van der Waals surface area contributed by atoms with Crippen molar-refractivity contribution >= 4 is 5.91 Å². The Labute approximate surface area is 118 Å². The molecule has 0 aliphatic carbocycles. The molecule has 1 rings (SSSR count). The second kappa shape index (κ2) is 7.85. The van der Waals surface area contributed by atoms with Crippen LogP contribution in [0.5, 0.6) is 0 Å². The standard InChI is InChI=1S/C15H31N3O/c1-6-18(7-2)15(19)13(4)16-12(3)14-9-8-10-17(5)11-14/h12-14,16H,6-11H2,1-5H3. The van der Waals surface area contributed by atoms with Crippen LogP contribution in [-0.4, -0.2) is 61.0 Å². The van der Waals surface area contributed by atoms with Gasteiger partial charge in [-0.25, -0.2) is 0 Å². The van der Waals surface area contributed by atoms with Gasteiger partial charge in [-0.3, -0.25) is 4.79 Å². The predicted molar refractivity (Wildman–Crippen MR) is 80.2 cm³/mol. The minimum atomic E-state index is -0.0814. The molecule has 1 N–H and O–H groups in total. The highest BCUT2D eigenvalue weighted by atomic mass is 16.2. The SMILES string of the molecule is CCN(CC)C(=O)C(C)NC(C)C1CCCN(C)C1. The number of amides is 1. The van der Waals surface area contributed by atoms with Gasteiger partial charge in [0.15, 0.2) is 0 Å². The quantitative estimate of drug-likeness (QED) is 0.795. The lowest BCUT2D eigenvalue weighted by Crippen LogP contribution is -2.51. The van der Waals surface area contributed by atoms with Crippen LogP contribution in [0.1, 0.15) is 40.5 Å². The third-order valence-corrected chi connectivity index (χ3v) is 4.33. The molecule has 0 aromatic rings. The zero-order valence-corrected chi connectivity index (χ0v) is 13.3. The molecular formula is C15H31N3O. The Kier molecular flexibility index (Phi) is 6.80. The maximum absolute atomic E-state index is 12.2. The van der Waals surface area contributed by atoms with E-state index in [0.29, 0.717) is 12.0 Å². The van der Waals surface area contributed by atoms with E-state index in [1.807, 2.05) is 25.7 Å². The van der Waals surface area contributed by atoms with Crippen LogP contribution in [0.15, 0.2) is 0 Å². The van der Waals surface area contributed by atoms with Crippen molar-refractivity contribution in [3.63, 3.8) is 0 Å². The molecule has 1 aliphatic rings. The number of piperidine rings is 1. The molecule has 1 aliphatic heterocycles. The molecule has 0 radical (unpaired) electrons. The van der Waals surface area contributed by atoms with Crippen molar-refractivity contribution in [3.8, 4) is 0 Å². The Bertz CT molecular complexity index is 279. The summed E-state index contributed by atoms with van der Waals surface area (Å²) in [7, 11) is 2.18. The number of carbonyl (C=O) groups is 1. The molecule has 1 saturated heterocycles. The Morgan fingerprint density at radius 2 is 2.00 bits per heavy atom. The van der Waals surface area contributed by atoms with E-state index in [0.717, 1.165) is 19.6 Å². The smallest absolute Gasteiger partial charge is 0.239 e. The lowest BCUT2D eigenvalue weighted by Gasteiger charge is -2.35. The third kappa shape index (κ3) is 4.77. The van der Waals surface area contributed by atoms with Gasteiger partial charge < -0.3 is 15.1 Å². The molecule has 0 aromatic heterocycles. The van der Waals surface area contributed by atoms with Gasteiger partial charge in [0.25, 0.3) is 0 Å². The summed E-state index contributed by atoms with van der Waals surface area (Å²) in [6.07, 6.45) is 2.54. The second-order valence-electron chi connectivity index (χ2n) is 5.85. The van der Waals surface area contributed by atoms with Gasteiger partial charge in [0.05, 0.1) is 6.04 Å². The number of rotatable bonds is 6. The molecule has 0 spiro atoms. The number of hydrogen-bond donors (Lipinski definition) is 1. The van der Waals surface area contributed by atoms with E-state index in [-0.39, 0.29) is 11.9 Å². The minimum Gasteiger partial charge on any atom is -0.342 e. The number of carbonyl (C=O) groups excluding carboxylic acids is 1. The molecule has 112 valence electrons. The van der Waals surface area contributed by atoms with Crippen molar-refractivity contribution in [2.45, 2.75) is 52.6 Å². The molecule has 4 heteroatoms. The van der Waals surface area contributed by atoms with Gasteiger partial charge in [-0.2, -0.15) is 0 Å². The van der Waals surface area contributed by atoms with Crippen LogP contribution in [0.4, 0.5) is 0 Å². The van der Waals surface area contributed by atoms with Gasteiger partial charge in [-0.15, -0.1) is 0 Å². The number of nitrogens with zero attached hydrogens (tertiary/aromatic N) is 2. The highest BCUT2D eigenvalue weighted by Gasteiger charge is 2.26. The first-order valence-corrected chi connectivity index (χ1v) is 7.72. The summed E-state index contributed by atoms with van der Waals surface area (Å²) in [4.78, 5) is 16.5. The Hall–Kier alpha value is -0.610. The van der Waals surface area contributed by atoms with E-state index < -0.39 is 0 Å². The van der Waals surface area contributed by atoms with E-state index in [9.17, 15) is 4.79 Å². The molecule has 1 amide bonds. The lowest BCUT2D eigenvalue weighted by molar-refractivity contribution is -0.132. The van der Waals surface area contributed by atoms with E-state index in [4.69, 9.17) is 0 Å². The van der Waals surface area contributed by atoms with Crippen LogP contribution >= 0.6 is 0 Å². The van der Waals surface area contributed by atoms with Crippen LogP contribution in [-0.2, 0) is 4.79 Å². The molecule has 0 aromatic carbocycles. The normalized spacial score (nSPS) is 23.9. The largest absolute Gasteiger partial charge is 0.342 e. The van der Waals surface area contributed by atoms with Crippen molar-refractivity contribution in [2.24, 2.45) is 5.92 Å². The summed E-state index contributed by atoms with van der Waals surface area (Å²) < 4.78 is 0. The minimum absolute atomic E-state index is 0.0814. The van der Waals surface area contributed by atoms with Gasteiger partial charge in [-0.1, -0.05) is 0 Å². The summed E-state index contributed by atoms with van der Waals surface area (Å²) >= 11 is 0. The first-order valence-electron chi connectivity index (χ1n) is 7.72. The monoisotopic (exact) mass is 269 g/mol. The second-order valence-corrected chi connectivity index (χ2v) is 5.85. The summed E-state index contributed by atoms with van der Waals surface area (Å²) in [6.45, 7) is 12.2. The third-order valence-electron chi connectivity index (χ3n) is 4.33. The van der Waals surface area contributed by atoms with Gasteiger partial charge in [0.2, 0.25) is 5.91 Å². The topological polar surface area (TPSA) is 35.6 Å². The number of likely N-dealkylation sites (tertiary alicyclic amines) is 1. The molecule has 1 heterocycles. The first-order chi connectivity index (χ1) is 8.99. The summed E-state index contributed by atoms with van der Waals surface area (Å²) in [5.41, 5.74) is 0. The van der Waals surface area contributed by atoms with E-state index >= 15 is 0 Å². The zero-order chi connectivity index (χ0) is 14.4. The van der Waals surface area contributed by atoms with Gasteiger partial charge >= 0.3 is 0 Å². The zero-order valence-electron chi connectivity index (χ0n) is 13.3. The summed E-state index contributed by atoms with van der Waals surface area (Å²) in [5, 5.41) is 3.50. The maximum Gasteiger partial charge on any atom is 0.239 e. The number of nitrogens with one attached hydrogen (secondary N) is 1. The fraction of sp³-hybridized carbons (Fsp3) is 0.933. The summed E-state index contributed by atoms with van der Waals surface area (Å²) in [5.74, 6) is 0.881. The van der Waals surface area contributed by atoms with Crippen molar-refractivity contribution in [1.82, 2.24) is 15.1 Å². The Morgan fingerprint density at radius 1 is 1.37 bits per heavy atom. The molecule has 3 atom stereocenters. The van der Waals surface area contributed by atoms with E-state index in [1.165, 1.54) is 19.4 Å². The van der Waals surface area contributed by atoms with Crippen LogP contribution < -0.4 is 5.32 Å². The highest BCUT2D eigenvalue weighted by Crippen LogP contribution is 2.19. The molecule has 3 unspecified atom stereocenters. The van der Waals surface area contributed by atoms with E-state index in [2.05, 4.69) is 24.2 Å². The molecule has 0 saturated carbocycles. The molecule has 1 fully saturated rings. The first kappa shape index (κ1) is 16.4. The summed E-state index contributed by atoms with van der Waals surface area (Å²) in [6, 6.07) is 0.319. The average Bonchev–Trinajstić information content (AvgIpc) is 2.39. The van der Waals surface area contributed by atoms with Crippen molar-refractivity contribution in [2.75, 3.05) is 33.2 Å². The average molecular weight is 269 g/mol. The van der Waals surface area contributed by atoms with Crippen molar-refractivity contribution in [1.29, 1.82) is 0 Å². The van der Waals surface area contributed by atoms with Gasteiger partial charge in [0.1, 0.15) is 0 Å². The fourth-order valence-electron chi connectivity index (χ4n) is 3.03. The van der Waals surface area contributed by atoms with Crippen LogP contribution in [0.2, 0.25) is 0 Å². The number of likely N-dealkylation sites (N-methyl/N-ethyl adjacent to an activating group) is 1. The predicted octanol–water partition coefficient (Wildman–Crippen LogP) is 1.56. The van der Waals surface area contributed by atoms with Crippen molar-refractivity contribution < 1.29 is 4.79 Å². The highest BCUT2D eigenvalue weighted by molar-refractivity contribution is 5.81. The molecule has 4 nitrogen and oxygen atoms in total. The fourth-order valence-corrected chi connectivity index (χ4v) is 3.03. The molecule has 19 heavy (non-hydrogen) atoms. The number of hydrogen-bond acceptors (Lipinski definition) is 3. The van der Waals surface area contributed by atoms with E-state index in [1.54, 1.807) is 0 Å². The molecule has 0 bridgehead atoms. The van der Waals surface area contributed by atoms with Crippen molar-refractivity contribution in [3.05, 3.63) is 0 Å². The Morgan fingerprint density at radius 3 is 2.53 bits per heavy atom. The van der Waals surface area contributed by atoms with Gasteiger partial charge in [0, 0.05) is 25.7 Å². The van der Waals surface area contributed by atoms with Crippen LogP contribution in [0.25, 0.3) is 0 Å². The van der Waals surface area contributed by atoms with Crippen LogP contribution in [0, 0.1) is 5.92 Å². The maximum atomic E-state index is 12.2. The van der Waals surface area contributed by atoms with Gasteiger partial charge in [-0.05, 0) is 60.0 Å². The lowest BCUT2D eigenvalue weighted by atomic mass is 9.91. The van der Waals surface area contributed by atoms with Crippen LogP contribution in [0.3, 0.4) is 0 Å². The Balaban J connectivity index is 2.46. The molecular weight excluding hydrogens is 238 g/mol.